The van der Waals surface area contributed by atoms with Gasteiger partial charge in [-0.3, -0.25) is 4.79 Å². The molecule has 1 aromatic rings. The van der Waals surface area contributed by atoms with E-state index in [2.05, 4.69) is 16.0 Å². The maximum Gasteiger partial charge on any atom is 0.317 e. The average Bonchev–Trinajstić information content (AvgIpc) is 2.97. The summed E-state index contributed by atoms with van der Waals surface area (Å²) in [6, 6.07) is 4.21. The summed E-state index contributed by atoms with van der Waals surface area (Å²) >= 11 is 0. The van der Waals surface area contributed by atoms with Gasteiger partial charge < -0.3 is 19.5 Å². The molecule has 1 aliphatic heterocycles. The van der Waals surface area contributed by atoms with Crippen molar-refractivity contribution in [2.45, 2.75) is 39.2 Å². The summed E-state index contributed by atoms with van der Waals surface area (Å²) in [5.41, 5.74) is 1.27. The summed E-state index contributed by atoms with van der Waals surface area (Å²) in [6.45, 7) is 5.22. The maximum atomic E-state index is 12.4. The Morgan fingerprint density at radius 3 is 2.79 bits per heavy atom. The Morgan fingerprint density at radius 2 is 2.21 bits per heavy atom. The van der Waals surface area contributed by atoms with Crippen LogP contribution in [-0.2, 0) is 23.0 Å². The Morgan fingerprint density at radius 1 is 1.46 bits per heavy atom. The van der Waals surface area contributed by atoms with Gasteiger partial charge in [-0.05, 0) is 44.2 Å². The van der Waals surface area contributed by atoms with E-state index in [4.69, 9.17) is 4.74 Å². The fraction of sp³-hybridized carbons (Fsp3) is 0.667. The average molecular weight is 335 g/mol. The Kier molecular flexibility index (Phi) is 6.29. The minimum Gasteiger partial charge on any atom is -0.469 e. The molecular formula is C18H29N3O3. The number of urea groups is 1. The van der Waals surface area contributed by atoms with Gasteiger partial charge in [0.2, 0.25) is 0 Å². The first kappa shape index (κ1) is 18.4. The van der Waals surface area contributed by atoms with E-state index >= 15 is 0 Å². The van der Waals surface area contributed by atoms with Crippen molar-refractivity contribution in [2.75, 3.05) is 20.2 Å². The topological polar surface area (TPSA) is 63.6 Å². The number of likely N-dealkylation sites (tertiary alicyclic amines) is 1. The number of carbonyl (C=O) groups excluding carboxylic acids is 2. The van der Waals surface area contributed by atoms with Gasteiger partial charge in [-0.15, -0.1) is 0 Å². The molecule has 134 valence electrons. The second kappa shape index (κ2) is 8.22. The van der Waals surface area contributed by atoms with Crippen molar-refractivity contribution in [3.05, 3.63) is 24.0 Å². The van der Waals surface area contributed by atoms with Gasteiger partial charge in [-0.2, -0.15) is 0 Å². The lowest BCUT2D eigenvalue weighted by Crippen LogP contribution is -2.50. The number of amides is 2. The molecule has 0 spiro atoms. The molecular weight excluding hydrogens is 306 g/mol. The van der Waals surface area contributed by atoms with Crippen LogP contribution in [-0.4, -0.2) is 47.7 Å². The van der Waals surface area contributed by atoms with Crippen LogP contribution < -0.4 is 5.32 Å². The van der Waals surface area contributed by atoms with E-state index < -0.39 is 0 Å². The van der Waals surface area contributed by atoms with E-state index in [9.17, 15) is 9.59 Å². The lowest BCUT2D eigenvalue weighted by molar-refractivity contribution is -0.148. The molecule has 0 aliphatic carbocycles. The number of ether oxygens (including phenoxy) is 1. The highest BCUT2D eigenvalue weighted by molar-refractivity contribution is 5.76. The normalized spacial score (nSPS) is 22.1. The van der Waals surface area contributed by atoms with Crippen LogP contribution in [0.15, 0.2) is 18.3 Å². The van der Waals surface area contributed by atoms with Crippen LogP contribution >= 0.6 is 0 Å². The van der Waals surface area contributed by atoms with Gasteiger partial charge in [-0.25, -0.2) is 4.79 Å². The van der Waals surface area contributed by atoms with E-state index in [1.54, 1.807) is 0 Å². The Labute approximate surface area is 144 Å². The number of methoxy groups -OCH3 is 1. The smallest absolute Gasteiger partial charge is 0.317 e. The standard InChI is InChI=1S/C18H29N3O3/c1-13-12-21(11-9-16(13)17(22)24-4)18(23)19-14(2)7-8-15-6-5-10-20(15)3/h5-6,10,13-14,16H,7-9,11-12H2,1-4H3,(H,19,23)/t13-,14-,16-/m1/s1. The monoisotopic (exact) mass is 335 g/mol. The third-order valence-corrected chi connectivity index (χ3v) is 4.95. The molecule has 2 amide bonds. The van der Waals surface area contributed by atoms with E-state index in [-0.39, 0.29) is 29.9 Å². The predicted molar refractivity (Wildman–Crippen MR) is 92.6 cm³/mol. The van der Waals surface area contributed by atoms with Crippen molar-refractivity contribution in [1.29, 1.82) is 0 Å². The molecule has 1 aliphatic rings. The largest absolute Gasteiger partial charge is 0.469 e. The zero-order chi connectivity index (χ0) is 17.7. The van der Waals surface area contributed by atoms with Gasteiger partial charge in [0.1, 0.15) is 0 Å². The first-order chi connectivity index (χ1) is 11.4. The highest BCUT2D eigenvalue weighted by Gasteiger charge is 2.33. The molecule has 24 heavy (non-hydrogen) atoms. The number of aryl methyl sites for hydroxylation is 2. The van der Waals surface area contributed by atoms with E-state index in [1.165, 1.54) is 12.8 Å². The van der Waals surface area contributed by atoms with Gasteiger partial charge in [-0.1, -0.05) is 6.92 Å². The Hall–Kier alpha value is -1.98. The van der Waals surface area contributed by atoms with Crippen molar-refractivity contribution in [3.8, 4) is 0 Å². The SMILES string of the molecule is COC(=O)[C@@H]1CCN(C(=O)N[C@H](C)CCc2cccn2C)C[C@H]1C. The second-order valence-electron chi connectivity index (χ2n) is 6.84. The maximum absolute atomic E-state index is 12.4. The van der Waals surface area contributed by atoms with Crippen LogP contribution in [0.25, 0.3) is 0 Å². The molecule has 0 radical (unpaired) electrons. The third-order valence-electron chi connectivity index (χ3n) is 4.95. The number of aromatic nitrogens is 1. The van der Waals surface area contributed by atoms with Crippen LogP contribution in [0.1, 0.15) is 32.4 Å². The van der Waals surface area contributed by atoms with Crippen molar-refractivity contribution in [1.82, 2.24) is 14.8 Å². The molecule has 0 unspecified atom stereocenters. The summed E-state index contributed by atoms with van der Waals surface area (Å²) < 4.78 is 6.94. The summed E-state index contributed by atoms with van der Waals surface area (Å²) in [6.07, 6.45) is 4.54. The molecule has 2 rings (SSSR count). The molecule has 1 N–H and O–H groups in total. The number of rotatable bonds is 5. The Bertz CT molecular complexity index is 570. The molecule has 1 fully saturated rings. The Balaban J connectivity index is 1.78. The van der Waals surface area contributed by atoms with E-state index in [0.717, 1.165) is 12.8 Å². The number of nitrogens with zero attached hydrogens (tertiary/aromatic N) is 2. The molecule has 3 atom stereocenters. The van der Waals surface area contributed by atoms with Crippen LogP contribution in [0.5, 0.6) is 0 Å². The summed E-state index contributed by atoms with van der Waals surface area (Å²) in [4.78, 5) is 25.9. The van der Waals surface area contributed by atoms with Gasteiger partial charge in [0.05, 0.1) is 13.0 Å². The van der Waals surface area contributed by atoms with Gasteiger partial charge in [0.15, 0.2) is 0 Å². The first-order valence-electron chi connectivity index (χ1n) is 8.65. The number of hydrogen-bond acceptors (Lipinski definition) is 3. The van der Waals surface area contributed by atoms with Crippen LogP contribution in [0.2, 0.25) is 0 Å². The predicted octanol–water partition coefficient (Wildman–Crippen LogP) is 2.19. The second-order valence-corrected chi connectivity index (χ2v) is 6.84. The lowest BCUT2D eigenvalue weighted by atomic mass is 9.87. The van der Waals surface area contributed by atoms with Crippen LogP contribution in [0.4, 0.5) is 4.79 Å². The van der Waals surface area contributed by atoms with Gasteiger partial charge in [0.25, 0.3) is 0 Å². The minimum absolute atomic E-state index is 0.0375. The number of nitrogens with one attached hydrogen (secondary N) is 1. The first-order valence-corrected chi connectivity index (χ1v) is 8.65. The summed E-state index contributed by atoms with van der Waals surface area (Å²) in [7, 11) is 3.45. The van der Waals surface area contributed by atoms with Crippen LogP contribution in [0, 0.1) is 11.8 Å². The van der Waals surface area contributed by atoms with Crippen LogP contribution in [0.3, 0.4) is 0 Å². The number of piperidine rings is 1. The summed E-state index contributed by atoms with van der Waals surface area (Å²) in [5, 5.41) is 3.07. The number of carbonyl (C=O) groups is 2. The molecule has 0 aromatic carbocycles. The highest BCUT2D eigenvalue weighted by Crippen LogP contribution is 2.24. The van der Waals surface area contributed by atoms with Crippen molar-refractivity contribution >= 4 is 12.0 Å². The molecule has 2 heterocycles. The quantitative estimate of drug-likeness (QED) is 0.839. The molecule has 0 saturated carbocycles. The highest BCUT2D eigenvalue weighted by atomic mass is 16.5. The van der Waals surface area contributed by atoms with Crippen molar-refractivity contribution < 1.29 is 14.3 Å². The van der Waals surface area contributed by atoms with Gasteiger partial charge in [0, 0.05) is 38.1 Å². The molecule has 1 aromatic heterocycles. The molecule has 1 saturated heterocycles. The fourth-order valence-corrected chi connectivity index (χ4v) is 3.33. The molecule has 6 nitrogen and oxygen atoms in total. The number of hydrogen-bond donors (Lipinski definition) is 1. The van der Waals surface area contributed by atoms with E-state index in [0.29, 0.717) is 19.5 Å². The molecule has 6 heteroatoms. The zero-order valence-electron chi connectivity index (χ0n) is 15.1. The van der Waals surface area contributed by atoms with Crippen molar-refractivity contribution in [2.24, 2.45) is 18.9 Å². The molecule has 0 bridgehead atoms. The number of esters is 1. The lowest BCUT2D eigenvalue weighted by Gasteiger charge is -2.36. The zero-order valence-corrected chi connectivity index (χ0v) is 15.1. The summed E-state index contributed by atoms with van der Waals surface area (Å²) in [5.74, 6) is -0.150. The minimum atomic E-state index is -0.168. The van der Waals surface area contributed by atoms with Gasteiger partial charge >= 0.3 is 12.0 Å². The van der Waals surface area contributed by atoms with Crippen molar-refractivity contribution in [3.63, 3.8) is 0 Å². The van der Waals surface area contributed by atoms with E-state index in [1.807, 2.05) is 38.1 Å². The third kappa shape index (κ3) is 4.52. The fourth-order valence-electron chi connectivity index (χ4n) is 3.33.